The minimum atomic E-state index is -4.38. The quantitative estimate of drug-likeness (QED) is 0.728. The van der Waals surface area contributed by atoms with Crippen LogP contribution < -0.4 is 10.6 Å². The summed E-state index contributed by atoms with van der Waals surface area (Å²) in [6.07, 6.45) is -4.38. The maximum absolute atomic E-state index is 13.1. The second-order valence-corrected chi connectivity index (χ2v) is 6.08. The maximum Gasteiger partial charge on any atom is 0.416 e. The minimum Gasteiger partial charge on any atom is -0.365 e. The Labute approximate surface area is 140 Å². The highest BCUT2D eigenvalue weighted by molar-refractivity contribution is 7.17. The van der Waals surface area contributed by atoms with Crippen molar-refractivity contribution in [2.45, 2.75) is 19.3 Å². The molecule has 0 aliphatic heterocycles. The molecule has 24 heavy (non-hydrogen) atoms. The van der Waals surface area contributed by atoms with Crippen molar-refractivity contribution in [3.63, 3.8) is 0 Å². The van der Waals surface area contributed by atoms with E-state index in [2.05, 4.69) is 20.6 Å². The van der Waals surface area contributed by atoms with Gasteiger partial charge in [-0.1, -0.05) is 18.2 Å². The van der Waals surface area contributed by atoms with E-state index >= 15 is 0 Å². The van der Waals surface area contributed by atoms with Gasteiger partial charge in [-0.25, -0.2) is 9.97 Å². The Morgan fingerprint density at radius 3 is 2.62 bits per heavy atom. The molecule has 2 N–H and O–H groups in total. The van der Waals surface area contributed by atoms with Crippen LogP contribution >= 0.6 is 11.3 Å². The third kappa shape index (κ3) is 3.49. The number of halogens is 3. The number of rotatable bonds is 5. The minimum absolute atomic E-state index is 0.0404. The molecule has 0 atom stereocenters. The SMILES string of the molecule is CNCc1nc(NCc2ccccc2C(F)(F)F)c2sccc2n1. The Morgan fingerprint density at radius 2 is 1.88 bits per heavy atom. The van der Waals surface area contributed by atoms with Crippen LogP contribution in [0.5, 0.6) is 0 Å². The molecule has 0 aliphatic rings. The maximum atomic E-state index is 13.1. The molecular formula is C16H15F3N4S. The number of nitrogens with zero attached hydrogens (tertiary/aromatic N) is 2. The highest BCUT2D eigenvalue weighted by atomic mass is 32.1. The lowest BCUT2D eigenvalue weighted by Crippen LogP contribution is -2.13. The van der Waals surface area contributed by atoms with E-state index in [1.807, 2.05) is 11.4 Å². The van der Waals surface area contributed by atoms with Gasteiger partial charge < -0.3 is 10.6 Å². The summed E-state index contributed by atoms with van der Waals surface area (Å²) in [5.74, 6) is 1.15. The first-order valence-corrected chi connectivity index (χ1v) is 8.14. The molecule has 0 spiro atoms. The largest absolute Gasteiger partial charge is 0.416 e. The van der Waals surface area contributed by atoms with Crippen molar-refractivity contribution in [3.05, 3.63) is 52.7 Å². The number of thiophene rings is 1. The summed E-state index contributed by atoms with van der Waals surface area (Å²) in [5.41, 5.74) is 0.333. The van der Waals surface area contributed by atoms with Gasteiger partial charge in [-0.2, -0.15) is 13.2 Å². The van der Waals surface area contributed by atoms with Crippen LogP contribution in [0.3, 0.4) is 0 Å². The molecule has 0 bridgehead atoms. The van der Waals surface area contributed by atoms with Crippen molar-refractivity contribution in [1.29, 1.82) is 0 Å². The third-order valence-corrected chi connectivity index (χ3v) is 4.36. The van der Waals surface area contributed by atoms with E-state index in [0.29, 0.717) is 18.2 Å². The topological polar surface area (TPSA) is 49.8 Å². The van der Waals surface area contributed by atoms with Crippen LogP contribution in [-0.2, 0) is 19.3 Å². The summed E-state index contributed by atoms with van der Waals surface area (Å²) in [6.45, 7) is 0.526. The predicted molar refractivity (Wildman–Crippen MR) is 88.9 cm³/mol. The van der Waals surface area contributed by atoms with Crippen LogP contribution in [0.4, 0.5) is 19.0 Å². The molecule has 2 heterocycles. The molecule has 0 unspecified atom stereocenters. The van der Waals surface area contributed by atoms with E-state index in [9.17, 15) is 13.2 Å². The van der Waals surface area contributed by atoms with Crippen LogP contribution in [0.25, 0.3) is 10.2 Å². The molecule has 126 valence electrons. The second kappa shape index (κ2) is 6.74. The summed E-state index contributed by atoms with van der Waals surface area (Å²) >= 11 is 1.46. The van der Waals surface area contributed by atoms with Gasteiger partial charge in [-0.05, 0) is 30.1 Å². The highest BCUT2D eigenvalue weighted by Crippen LogP contribution is 2.33. The van der Waals surface area contributed by atoms with E-state index in [0.717, 1.165) is 16.3 Å². The van der Waals surface area contributed by atoms with E-state index < -0.39 is 11.7 Å². The van der Waals surface area contributed by atoms with Crippen LogP contribution in [0, 0.1) is 0 Å². The van der Waals surface area contributed by atoms with Crippen molar-refractivity contribution < 1.29 is 13.2 Å². The monoisotopic (exact) mass is 352 g/mol. The summed E-state index contributed by atoms with van der Waals surface area (Å²) in [5, 5.41) is 7.89. The molecule has 0 amide bonds. The first-order valence-electron chi connectivity index (χ1n) is 7.26. The van der Waals surface area contributed by atoms with Crippen molar-refractivity contribution >= 4 is 27.4 Å². The Morgan fingerprint density at radius 1 is 1.08 bits per heavy atom. The summed E-state index contributed by atoms with van der Waals surface area (Å²) in [7, 11) is 1.79. The fraction of sp³-hybridized carbons (Fsp3) is 0.250. The van der Waals surface area contributed by atoms with E-state index in [1.54, 1.807) is 13.1 Å². The standard InChI is InChI=1S/C16H15F3N4S/c1-20-9-13-22-12-6-7-24-14(12)15(23-13)21-8-10-4-2-3-5-11(10)16(17,18)19/h2-7,20H,8-9H2,1H3,(H,21,22,23). The zero-order valence-corrected chi connectivity index (χ0v) is 13.6. The molecular weight excluding hydrogens is 337 g/mol. The lowest BCUT2D eigenvalue weighted by atomic mass is 10.1. The first kappa shape index (κ1) is 16.7. The number of hydrogen-bond acceptors (Lipinski definition) is 5. The van der Waals surface area contributed by atoms with Crippen LogP contribution in [0.15, 0.2) is 35.7 Å². The van der Waals surface area contributed by atoms with Crippen molar-refractivity contribution in [1.82, 2.24) is 15.3 Å². The predicted octanol–water partition coefficient (Wildman–Crippen LogP) is 4.04. The number of nitrogens with one attached hydrogen (secondary N) is 2. The molecule has 3 aromatic rings. The molecule has 3 rings (SSSR count). The van der Waals surface area contributed by atoms with Crippen LogP contribution in [-0.4, -0.2) is 17.0 Å². The van der Waals surface area contributed by atoms with Crippen LogP contribution in [0.1, 0.15) is 17.0 Å². The van der Waals surface area contributed by atoms with Gasteiger partial charge in [0.2, 0.25) is 0 Å². The van der Waals surface area contributed by atoms with Crippen LogP contribution in [0.2, 0.25) is 0 Å². The fourth-order valence-corrected chi connectivity index (χ4v) is 3.20. The van der Waals surface area contributed by atoms with E-state index in [4.69, 9.17) is 0 Å². The second-order valence-electron chi connectivity index (χ2n) is 5.16. The van der Waals surface area contributed by atoms with Gasteiger partial charge in [-0.3, -0.25) is 0 Å². The molecule has 2 aromatic heterocycles. The van der Waals surface area contributed by atoms with Gasteiger partial charge >= 0.3 is 6.18 Å². The number of fused-ring (bicyclic) bond motifs is 1. The van der Waals surface area contributed by atoms with Gasteiger partial charge in [0.15, 0.2) is 0 Å². The normalized spacial score (nSPS) is 11.8. The third-order valence-electron chi connectivity index (χ3n) is 3.45. The molecule has 0 saturated carbocycles. The number of hydrogen-bond donors (Lipinski definition) is 2. The summed E-state index contributed by atoms with van der Waals surface area (Å²) in [4.78, 5) is 8.83. The highest BCUT2D eigenvalue weighted by Gasteiger charge is 2.32. The number of alkyl halides is 3. The molecule has 1 aromatic carbocycles. The Bertz CT molecular complexity index is 845. The van der Waals surface area contributed by atoms with Crippen molar-refractivity contribution in [2.24, 2.45) is 0 Å². The lowest BCUT2D eigenvalue weighted by molar-refractivity contribution is -0.138. The lowest BCUT2D eigenvalue weighted by Gasteiger charge is -2.14. The summed E-state index contributed by atoms with van der Waals surface area (Å²) < 4.78 is 40.1. The summed E-state index contributed by atoms with van der Waals surface area (Å²) in [6, 6.07) is 7.41. The number of benzene rings is 1. The average Bonchev–Trinajstić information content (AvgIpc) is 3.01. The molecule has 0 fully saturated rings. The van der Waals surface area contributed by atoms with Gasteiger partial charge in [0.1, 0.15) is 11.6 Å². The molecule has 0 radical (unpaired) electrons. The Kier molecular flexibility index (Phi) is 4.68. The molecule has 4 nitrogen and oxygen atoms in total. The molecule has 0 aliphatic carbocycles. The molecule has 8 heteroatoms. The first-order chi connectivity index (χ1) is 11.5. The van der Waals surface area contributed by atoms with Gasteiger partial charge in [0, 0.05) is 6.54 Å². The van der Waals surface area contributed by atoms with E-state index in [1.165, 1.54) is 23.5 Å². The fourth-order valence-electron chi connectivity index (χ4n) is 2.40. The molecule has 0 saturated heterocycles. The zero-order chi connectivity index (χ0) is 17.2. The Hall–Kier alpha value is -2.19. The van der Waals surface area contributed by atoms with E-state index in [-0.39, 0.29) is 12.1 Å². The van der Waals surface area contributed by atoms with Gasteiger partial charge in [-0.15, -0.1) is 11.3 Å². The average molecular weight is 352 g/mol. The smallest absolute Gasteiger partial charge is 0.365 e. The van der Waals surface area contributed by atoms with Crippen molar-refractivity contribution in [2.75, 3.05) is 12.4 Å². The number of anilines is 1. The van der Waals surface area contributed by atoms with Crippen molar-refractivity contribution in [3.8, 4) is 0 Å². The Balaban J connectivity index is 1.90. The van der Waals surface area contributed by atoms with Gasteiger partial charge in [0.05, 0.1) is 22.3 Å². The number of aromatic nitrogens is 2. The zero-order valence-electron chi connectivity index (χ0n) is 12.8. The van der Waals surface area contributed by atoms with Gasteiger partial charge in [0.25, 0.3) is 0 Å².